The van der Waals surface area contributed by atoms with Crippen molar-refractivity contribution in [2.75, 3.05) is 6.61 Å². The summed E-state index contributed by atoms with van der Waals surface area (Å²) in [5.41, 5.74) is -0.106. The van der Waals surface area contributed by atoms with Gasteiger partial charge < -0.3 is 4.74 Å². The van der Waals surface area contributed by atoms with E-state index in [0.717, 1.165) is 0 Å². The van der Waals surface area contributed by atoms with E-state index in [4.69, 9.17) is 16.3 Å². The highest BCUT2D eigenvalue weighted by Gasteiger charge is 2.11. The van der Waals surface area contributed by atoms with Crippen LogP contribution in [0.3, 0.4) is 0 Å². The molecule has 0 amide bonds. The Morgan fingerprint density at radius 1 is 1.62 bits per heavy atom. The van der Waals surface area contributed by atoms with E-state index in [-0.39, 0.29) is 10.7 Å². The molecule has 0 atom stereocenters. The third-order valence-corrected chi connectivity index (χ3v) is 1.73. The lowest BCUT2D eigenvalue weighted by atomic mass is 10.3. The summed E-state index contributed by atoms with van der Waals surface area (Å²) in [5, 5.41) is 10.5. The number of rotatable bonds is 3. The van der Waals surface area contributed by atoms with Gasteiger partial charge in [0, 0.05) is 12.1 Å². The van der Waals surface area contributed by atoms with Crippen LogP contribution < -0.4 is 4.74 Å². The van der Waals surface area contributed by atoms with Gasteiger partial charge in [0.2, 0.25) is 0 Å². The summed E-state index contributed by atoms with van der Waals surface area (Å²) in [7, 11) is 0. The number of nitrogens with zero attached hydrogens (tertiary/aromatic N) is 1. The molecule has 1 aromatic rings. The molecule has 5 heteroatoms. The smallest absolute Gasteiger partial charge is 0.288 e. The summed E-state index contributed by atoms with van der Waals surface area (Å²) in [5.74, 6) is 0.540. The fourth-order valence-electron chi connectivity index (χ4n) is 0.892. The van der Waals surface area contributed by atoms with E-state index in [1.165, 1.54) is 18.2 Å². The number of hydrogen-bond donors (Lipinski definition) is 0. The first-order valence-corrected chi connectivity index (χ1v) is 4.09. The molecule has 0 spiro atoms. The Morgan fingerprint density at radius 3 is 2.77 bits per heavy atom. The minimum absolute atomic E-state index is 0.0935. The van der Waals surface area contributed by atoms with E-state index in [0.29, 0.717) is 12.4 Å². The fourth-order valence-corrected chi connectivity index (χ4v) is 1.13. The maximum absolute atomic E-state index is 10.4. The largest absolute Gasteiger partial charge is 0.494 e. The molecule has 0 unspecified atom stereocenters. The van der Waals surface area contributed by atoms with Crippen LogP contribution in [0.5, 0.6) is 5.75 Å². The van der Waals surface area contributed by atoms with Crippen LogP contribution in [0.15, 0.2) is 18.2 Å². The van der Waals surface area contributed by atoms with Crippen molar-refractivity contribution in [2.24, 2.45) is 0 Å². The van der Waals surface area contributed by atoms with E-state index in [2.05, 4.69) is 0 Å². The van der Waals surface area contributed by atoms with Crippen molar-refractivity contribution in [1.82, 2.24) is 0 Å². The molecule has 70 valence electrons. The predicted molar refractivity (Wildman–Crippen MR) is 49.3 cm³/mol. The second-order valence-corrected chi connectivity index (χ2v) is 2.71. The zero-order chi connectivity index (χ0) is 9.84. The summed E-state index contributed by atoms with van der Waals surface area (Å²) < 4.78 is 5.11. The van der Waals surface area contributed by atoms with Gasteiger partial charge in [-0.15, -0.1) is 0 Å². The van der Waals surface area contributed by atoms with Crippen LogP contribution >= 0.6 is 11.6 Å². The lowest BCUT2D eigenvalue weighted by molar-refractivity contribution is -0.384. The number of hydrogen-bond acceptors (Lipinski definition) is 3. The number of nitro groups is 1. The van der Waals surface area contributed by atoms with Gasteiger partial charge in [0.05, 0.1) is 11.5 Å². The van der Waals surface area contributed by atoms with E-state index >= 15 is 0 Å². The van der Waals surface area contributed by atoms with Crippen LogP contribution in [0.2, 0.25) is 5.02 Å². The van der Waals surface area contributed by atoms with E-state index in [9.17, 15) is 10.1 Å². The summed E-state index contributed by atoms with van der Waals surface area (Å²) in [6.07, 6.45) is 0. The molecule has 0 aliphatic carbocycles. The van der Waals surface area contributed by atoms with Gasteiger partial charge in [-0.1, -0.05) is 11.6 Å². The standard InChI is InChI=1S/C8H8ClNO3/c1-2-13-6-3-4-8(10(11)12)7(9)5-6/h3-5H,2H2,1H3. The molecule has 0 aliphatic rings. The van der Waals surface area contributed by atoms with E-state index in [1.54, 1.807) is 0 Å². The van der Waals surface area contributed by atoms with Gasteiger partial charge in [-0.25, -0.2) is 0 Å². The molecular formula is C8H8ClNO3. The first kappa shape index (κ1) is 9.80. The molecule has 4 nitrogen and oxygen atoms in total. The third kappa shape index (κ3) is 2.32. The van der Waals surface area contributed by atoms with Crippen molar-refractivity contribution in [3.63, 3.8) is 0 Å². The Kier molecular flexibility index (Phi) is 3.08. The van der Waals surface area contributed by atoms with Crippen LogP contribution in [0, 0.1) is 10.1 Å². The number of ether oxygens (including phenoxy) is 1. The topological polar surface area (TPSA) is 52.4 Å². The second-order valence-electron chi connectivity index (χ2n) is 2.30. The van der Waals surface area contributed by atoms with Crippen molar-refractivity contribution in [2.45, 2.75) is 6.92 Å². The van der Waals surface area contributed by atoms with Gasteiger partial charge in [0.25, 0.3) is 5.69 Å². The van der Waals surface area contributed by atoms with Crippen LogP contribution in [0.25, 0.3) is 0 Å². The Morgan fingerprint density at radius 2 is 2.31 bits per heavy atom. The highest BCUT2D eigenvalue weighted by Crippen LogP contribution is 2.28. The molecule has 0 aromatic heterocycles. The van der Waals surface area contributed by atoms with Crippen molar-refractivity contribution < 1.29 is 9.66 Å². The summed E-state index contributed by atoms with van der Waals surface area (Å²) in [4.78, 5) is 9.84. The molecule has 0 radical (unpaired) electrons. The van der Waals surface area contributed by atoms with Crippen LogP contribution in [-0.2, 0) is 0 Å². The average Bonchev–Trinajstić information content (AvgIpc) is 2.04. The molecule has 13 heavy (non-hydrogen) atoms. The van der Waals surface area contributed by atoms with E-state index in [1.807, 2.05) is 6.92 Å². The normalized spacial score (nSPS) is 9.69. The first-order chi connectivity index (χ1) is 6.15. The van der Waals surface area contributed by atoms with Gasteiger partial charge in [0.15, 0.2) is 0 Å². The Bertz CT molecular complexity index is 327. The zero-order valence-corrected chi connectivity index (χ0v) is 7.75. The lowest BCUT2D eigenvalue weighted by Gasteiger charge is -2.02. The van der Waals surface area contributed by atoms with Gasteiger partial charge in [0.1, 0.15) is 10.8 Å². The van der Waals surface area contributed by atoms with Crippen molar-refractivity contribution in [3.8, 4) is 5.75 Å². The fraction of sp³-hybridized carbons (Fsp3) is 0.250. The average molecular weight is 202 g/mol. The summed E-state index contributed by atoms with van der Waals surface area (Å²) >= 11 is 5.64. The second kappa shape index (κ2) is 4.09. The van der Waals surface area contributed by atoms with Crippen molar-refractivity contribution >= 4 is 17.3 Å². The quantitative estimate of drug-likeness (QED) is 0.558. The predicted octanol–water partition coefficient (Wildman–Crippen LogP) is 2.65. The third-order valence-electron chi connectivity index (χ3n) is 1.43. The highest BCUT2D eigenvalue weighted by atomic mass is 35.5. The Labute approximate surface area is 80.2 Å². The van der Waals surface area contributed by atoms with Crippen molar-refractivity contribution in [3.05, 3.63) is 33.3 Å². The monoisotopic (exact) mass is 201 g/mol. The van der Waals surface area contributed by atoms with Gasteiger partial charge in [-0.2, -0.15) is 0 Å². The van der Waals surface area contributed by atoms with Gasteiger partial charge >= 0.3 is 0 Å². The molecule has 0 heterocycles. The number of nitro benzene ring substituents is 1. The molecule has 0 saturated carbocycles. The minimum Gasteiger partial charge on any atom is -0.494 e. The molecule has 1 rings (SSSR count). The van der Waals surface area contributed by atoms with Gasteiger partial charge in [-0.3, -0.25) is 10.1 Å². The Hall–Kier alpha value is -1.29. The van der Waals surface area contributed by atoms with Gasteiger partial charge in [-0.05, 0) is 13.0 Å². The molecule has 0 N–H and O–H groups in total. The number of benzene rings is 1. The van der Waals surface area contributed by atoms with E-state index < -0.39 is 4.92 Å². The maximum Gasteiger partial charge on any atom is 0.288 e. The molecule has 0 saturated heterocycles. The number of halogens is 1. The lowest BCUT2D eigenvalue weighted by Crippen LogP contribution is -1.93. The van der Waals surface area contributed by atoms with Crippen LogP contribution in [0.4, 0.5) is 5.69 Å². The first-order valence-electron chi connectivity index (χ1n) is 3.72. The van der Waals surface area contributed by atoms with Crippen molar-refractivity contribution in [1.29, 1.82) is 0 Å². The minimum atomic E-state index is -0.530. The molecule has 1 aromatic carbocycles. The zero-order valence-electron chi connectivity index (χ0n) is 6.99. The molecule has 0 bridgehead atoms. The maximum atomic E-state index is 10.4. The van der Waals surface area contributed by atoms with Crippen LogP contribution in [0.1, 0.15) is 6.92 Å². The highest BCUT2D eigenvalue weighted by molar-refractivity contribution is 6.32. The summed E-state index contributed by atoms with van der Waals surface area (Å²) in [6.45, 7) is 2.34. The molecular weight excluding hydrogens is 194 g/mol. The molecule has 0 aliphatic heterocycles. The Balaban J connectivity index is 2.98. The van der Waals surface area contributed by atoms with Crippen LogP contribution in [-0.4, -0.2) is 11.5 Å². The summed E-state index contributed by atoms with van der Waals surface area (Å²) in [6, 6.07) is 4.28. The molecule has 0 fully saturated rings. The SMILES string of the molecule is CCOc1ccc([N+](=O)[O-])c(Cl)c1.